The molecular formula is C20H21ClN4O. The Morgan fingerprint density at radius 1 is 1.04 bits per heavy atom. The number of anilines is 4. The van der Waals surface area contributed by atoms with Crippen LogP contribution in [0, 0.1) is 0 Å². The highest BCUT2D eigenvalue weighted by Crippen LogP contribution is 2.29. The number of ether oxygens (including phenoxy) is 1. The summed E-state index contributed by atoms with van der Waals surface area (Å²) in [5, 5.41) is 7.07. The molecule has 6 heteroatoms. The lowest BCUT2D eigenvalue weighted by molar-refractivity contribution is 0.415. The summed E-state index contributed by atoms with van der Waals surface area (Å²) in [6, 6.07) is 15.5. The van der Waals surface area contributed by atoms with E-state index >= 15 is 0 Å². The van der Waals surface area contributed by atoms with Crippen molar-refractivity contribution in [1.82, 2.24) is 9.97 Å². The molecule has 0 spiro atoms. The number of nitrogens with zero attached hydrogens (tertiary/aromatic N) is 2. The highest BCUT2D eigenvalue weighted by molar-refractivity contribution is 6.32. The number of rotatable bonds is 6. The minimum atomic E-state index is 0.404. The van der Waals surface area contributed by atoms with E-state index in [1.165, 1.54) is 5.56 Å². The Morgan fingerprint density at radius 2 is 1.85 bits per heavy atom. The molecule has 0 radical (unpaired) electrons. The van der Waals surface area contributed by atoms with Crippen LogP contribution in [0.2, 0.25) is 5.02 Å². The molecule has 3 rings (SSSR count). The van der Waals surface area contributed by atoms with E-state index in [2.05, 4.69) is 40.5 Å². The van der Waals surface area contributed by atoms with E-state index in [0.29, 0.717) is 28.5 Å². The minimum absolute atomic E-state index is 0.404. The molecule has 0 bridgehead atoms. The summed E-state index contributed by atoms with van der Waals surface area (Å²) < 4.78 is 5.17. The molecule has 0 amide bonds. The van der Waals surface area contributed by atoms with Crippen LogP contribution >= 0.6 is 11.6 Å². The van der Waals surface area contributed by atoms with Crippen LogP contribution in [0.1, 0.15) is 25.3 Å². The summed E-state index contributed by atoms with van der Waals surface area (Å²) in [6.45, 7) is 4.32. The predicted octanol–water partition coefficient (Wildman–Crippen LogP) is 5.75. The zero-order valence-electron chi connectivity index (χ0n) is 15.0. The highest BCUT2D eigenvalue weighted by Gasteiger charge is 2.08. The predicted molar refractivity (Wildman–Crippen MR) is 107 cm³/mol. The molecule has 1 aromatic heterocycles. The fraction of sp³-hybridized carbons (Fsp3) is 0.200. The first-order chi connectivity index (χ1) is 12.6. The zero-order valence-corrected chi connectivity index (χ0v) is 15.7. The van der Waals surface area contributed by atoms with Gasteiger partial charge in [0.05, 0.1) is 12.1 Å². The van der Waals surface area contributed by atoms with E-state index in [1.54, 1.807) is 25.4 Å². The molecule has 134 valence electrons. The molecule has 2 N–H and O–H groups in total. The molecule has 0 fully saturated rings. The van der Waals surface area contributed by atoms with Crippen molar-refractivity contribution in [1.29, 1.82) is 0 Å². The van der Waals surface area contributed by atoms with Gasteiger partial charge in [-0.2, -0.15) is 4.98 Å². The number of nitrogens with one attached hydrogen (secondary N) is 2. The largest absolute Gasteiger partial charge is 0.495 e. The third-order valence-electron chi connectivity index (χ3n) is 3.91. The van der Waals surface area contributed by atoms with Gasteiger partial charge < -0.3 is 15.4 Å². The monoisotopic (exact) mass is 368 g/mol. The molecule has 0 saturated carbocycles. The molecule has 0 aliphatic rings. The van der Waals surface area contributed by atoms with E-state index < -0.39 is 0 Å². The lowest BCUT2D eigenvalue weighted by atomic mass is 10.0. The van der Waals surface area contributed by atoms with Crippen molar-refractivity contribution >= 4 is 34.7 Å². The molecule has 2 aromatic carbocycles. The van der Waals surface area contributed by atoms with Gasteiger partial charge in [-0.1, -0.05) is 43.6 Å². The molecule has 0 aliphatic heterocycles. The zero-order chi connectivity index (χ0) is 18.5. The summed E-state index contributed by atoms with van der Waals surface area (Å²) in [6.07, 6.45) is 1.71. The molecule has 1 heterocycles. The van der Waals surface area contributed by atoms with Crippen molar-refractivity contribution in [3.63, 3.8) is 0 Å². The van der Waals surface area contributed by atoms with Crippen molar-refractivity contribution in [2.75, 3.05) is 17.7 Å². The third kappa shape index (κ3) is 4.24. The maximum Gasteiger partial charge on any atom is 0.229 e. The number of halogens is 1. The van der Waals surface area contributed by atoms with Gasteiger partial charge >= 0.3 is 0 Å². The van der Waals surface area contributed by atoms with Crippen LogP contribution in [0.5, 0.6) is 5.75 Å². The van der Waals surface area contributed by atoms with Gasteiger partial charge in [0.1, 0.15) is 11.6 Å². The van der Waals surface area contributed by atoms with E-state index in [1.807, 2.05) is 30.3 Å². The van der Waals surface area contributed by atoms with Crippen molar-refractivity contribution in [3.05, 3.63) is 65.3 Å². The van der Waals surface area contributed by atoms with Crippen LogP contribution in [0.15, 0.2) is 54.7 Å². The van der Waals surface area contributed by atoms with Crippen LogP contribution < -0.4 is 15.4 Å². The molecule has 3 aromatic rings. The Balaban J connectivity index is 1.80. The van der Waals surface area contributed by atoms with E-state index in [0.717, 1.165) is 11.4 Å². The van der Waals surface area contributed by atoms with Crippen LogP contribution in [0.25, 0.3) is 0 Å². The molecule has 0 saturated heterocycles. The Bertz CT molecular complexity index is 898. The third-order valence-corrected chi connectivity index (χ3v) is 4.20. The Morgan fingerprint density at radius 3 is 2.58 bits per heavy atom. The number of hydrogen-bond donors (Lipinski definition) is 2. The van der Waals surface area contributed by atoms with Gasteiger partial charge in [0.15, 0.2) is 0 Å². The number of methoxy groups -OCH3 is 1. The fourth-order valence-corrected chi connectivity index (χ4v) is 2.87. The molecule has 26 heavy (non-hydrogen) atoms. The fourth-order valence-electron chi connectivity index (χ4n) is 2.62. The molecule has 5 nitrogen and oxygen atoms in total. The molecule has 0 aliphatic carbocycles. The lowest BCUT2D eigenvalue weighted by Crippen LogP contribution is -2.03. The van der Waals surface area contributed by atoms with E-state index in [4.69, 9.17) is 16.3 Å². The number of hydrogen-bond acceptors (Lipinski definition) is 5. The minimum Gasteiger partial charge on any atom is -0.495 e. The van der Waals surface area contributed by atoms with Crippen LogP contribution in [0.3, 0.4) is 0 Å². The van der Waals surface area contributed by atoms with Gasteiger partial charge in [-0.25, -0.2) is 4.98 Å². The number of aromatic nitrogens is 2. The molecular weight excluding hydrogens is 348 g/mol. The average Bonchev–Trinajstić information content (AvgIpc) is 2.62. The first kappa shape index (κ1) is 18.0. The van der Waals surface area contributed by atoms with E-state index in [-0.39, 0.29) is 0 Å². The standard InChI is InChI=1S/C20H21ClN4O/c1-13(2)15-6-4-5-7-17(15)24-20-22-11-10-19(25-20)23-14-8-9-18(26-3)16(21)12-14/h4-13H,1-3H3,(H2,22,23,24,25). The summed E-state index contributed by atoms with van der Waals surface area (Å²) in [4.78, 5) is 8.84. The van der Waals surface area contributed by atoms with Crippen molar-refractivity contribution < 1.29 is 4.74 Å². The second kappa shape index (κ2) is 8.06. The van der Waals surface area contributed by atoms with E-state index in [9.17, 15) is 0 Å². The van der Waals surface area contributed by atoms with Gasteiger partial charge in [-0.05, 0) is 41.8 Å². The summed E-state index contributed by atoms with van der Waals surface area (Å²) in [5.41, 5.74) is 3.05. The van der Waals surface area contributed by atoms with Gasteiger partial charge in [0.2, 0.25) is 5.95 Å². The first-order valence-corrected chi connectivity index (χ1v) is 8.74. The van der Waals surface area contributed by atoms with Gasteiger partial charge in [0.25, 0.3) is 0 Å². The molecule has 0 unspecified atom stereocenters. The number of benzene rings is 2. The average molecular weight is 369 g/mol. The lowest BCUT2D eigenvalue weighted by Gasteiger charge is -2.14. The van der Waals surface area contributed by atoms with Crippen LogP contribution in [-0.4, -0.2) is 17.1 Å². The normalized spacial score (nSPS) is 10.7. The van der Waals surface area contributed by atoms with Gasteiger partial charge in [-0.3, -0.25) is 0 Å². The highest BCUT2D eigenvalue weighted by atomic mass is 35.5. The topological polar surface area (TPSA) is 59.1 Å². The quantitative estimate of drug-likeness (QED) is 0.580. The second-order valence-electron chi connectivity index (χ2n) is 6.11. The van der Waals surface area contributed by atoms with Crippen LogP contribution in [-0.2, 0) is 0 Å². The molecule has 0 atom stereocenters. The Labute approximate surface area is 158 Å². The van der Waals surface area contributed by atoms with Crippen molar-refractivity contribution in [3.8, 4) is 5.75 Å². The maximum atomic E-state index is 6.17. The second-order valence-corrected chi connectivity index (χ2v) is 6.51. The van der Waals surface area contributed by atoms with Crippen molar-refractivity contribution in [2.24, 2.45) is 0 Å². The smallest absolute Gasteiger partial charge is 0.229 e. The first-order valence-electron chi connectivity index (χ1n) is 8.36. The number of para-hydroxylation sites is 1. The summed E-state index contributed by atoms with van der Waals surface area (Å²) >= 11 is 6.17. The van der Waals surface area contributed by atoms with Crippen molar-refractivity contribution in [2.45, 2.75) is 19.8 Å². The SMILES string of the molecule is COc1ccc(Nc2ccnc(Nc3ccccc3C(C)C)n2)cc1Cl. The maximum absolute atomic E-state index is 6.17. The van der Waals surface area contributed by atoms with Crippen LogP contribution in [0.4, 0.5) is 23.1 Å². The van der Waals surface area contributed by atoms with Gasteiger partial charge in [-0.15, -0.1) is 0 Å². The van der Waals surface area contributed by atoms with Gasteiger partial charge in [0, 0.05) is 17.6 Å². The summed E-state index contributed by atoms with van der Waals surface area (Å²) in [5.74, 6) is 2.24. The Hall–Kier alpha value is -2.79. The Kier molecular flexibility index (Phi) is 5.58. The summed E-state index contributed by atoms with van der Waals surface area (Å²) in [7, 11) is 1.59.